The zero-order chi connectivity index (χ0) is 22.2. The SMILES string of the molecule is CCC(C)c1nc(N)sc1-c1ccnc(Nc2ccc(NC(=O)OCCOC)cc2)n1. The highest BCUT2D eigenvalue weighted by molar-refractivity contribution is 7.18. The first-order valence-electron chi connectivity index (χ1n) is 9.89. The summed E-state index contributed by atoms with van der Waals surface area (Å²) in [6, 6.07) is 9.00. The molecule has 0 saturated heterocycles. The van der Waals surface area contributed by atoms with Gasteiger partial charge in [0.05, 0.1) is 22.9 Å². The van der Waals surface area contributed by atoms with Crippen LogP contribution in [0.1, 0.15) is 31.9 Å². The summed E-state index contributed by atoms with van der Waals surface area (Å²) in [5, 5.41) is 6.36. The molecule has 0 aliphatic heterocycles. The van der Waals surface area contributed by atoms with Gasteiger partial charge in [-0.2, -0.15) is 0 Å². The summed E-state index contributed by atoms with van der Waals surface area (Å²) in [6.45, 7) is 4.79. The minimum Gasteiger partial charge on any atom is -0.447 e. The number of nitrogens with one attached hydrogen (secondary N) is 2. The van der Waals surface area contributed by atoms with Crippen LogP contribution in [0.15, 0.2) is 36.5 Å². The van der Waals surface area contributed by atoms with E-state index in [1.807, 2.05) is 18.2 Å². The zero-order valence-corrected chi connectivity index (χ0v) is 18.5. The fourth-order valence-corrected chi connectivity index (χ4v) is 3.67. The molecular formula is C21H26N6O3S. The van der Waals surface area contributed by atoms with Gasteiger partial charge >= 0.3 is 6.09 Å². The van der Waals surface area contributed by atoms with Crippen molar-refractivity contribution in [2.24, 2.45) is 0 Å². The predicted molar refractivity (Wildman–Crippen MR) is 123 cm³/mol. The van der Waals surface area contributed by atoms with Crippen molar-refractivity contribution >= 4 is 39.9 Å². The van der Waals surface area contributed by atoms with Gasteiger partial charge in [0.25, 0.3) is 0 Å². The summed E-state index contributed by atoms with van der Waals surface area (Å²) in [7, 11) is 1.55. The number of hydrogen-bond donors (Lipinski definition) is 3. The van der Waals surface area contributed by atoms with Crippen molar-refractivity contribution in [2.45, 2.75) is 26.2 Å². The molecule has 0 aliphatic carbocycles. The normalized spacial score (nSPS) is 11.7. The third-order valence-corrected chi connectivity index (χ3v) is 5.47. The van der Waals surface area contributed by atoms with E-state index in [1.165, 1.54) is 11.3 Å². The topological polar surface area (TPSA) is 124 Å². The first-order chi connectivity index (χ1) is 15.0. The van der Waals surface area contributed by atoms with E-state index in [0.29, 0.717) is 23.4 Å². The second kappa shape index (κ2) is 10.7. The lowest BCUT2D eigenvalue weighted by molar-refractivity contribution is 0.107. The molecule has 10 heteroatoms. The Kier molecular flexibility index (Phi) is 7.74. The van der Waals surface area contributed by atoms with Gasteiger partial charge in [0.1, 0.15) is 6.61 Å². The van der Waals surface area contributed by atoms with Crippen LogP contribution in [0.4, 0.5) is 27.2 Å². The minimum atomic E-state index is -0.533. The Morgan fingerprint density at radius 1 is 1.16 bits per heavy atom. The minimum absolute atomic E-state index is 0.194. The number of carbonyl (C=O) groups is 1. The van der Waals surface area contributed by atoms with E-state index in [2.05, 4.69) is 39.4 Å². The molecule has 0 aliphatic rings. The lowest BCUT2D eigenvalue weighted by Crippen LogP contribution is -2.16. The van der Waals surface area contributed by atoms with Crippen LogP contribution in [0, 0.1) is 0 Å². The van der Waals surface area contributed by atoms with Crippen molar-refractivity contribution in [1.29, 1.82) is 0 Å². The fraction of sp³-hybridized carbons (Fsp3) is 0.333. The van der Waals surface area contributed by atoms with E-state index < -0.39 is 6.09 Å². The van der Waals surface area contributed by atoms with E-state index >= 15 is 0 Å². The molecule has 0 radical (unpaired) electrons. The number of anilines is 4. The number of carbonyl (C=O) groups excluding carboxylic acids is 1. The van der Waals surface area contributed by atoms with Crippen molar-refractivity contribution in [3.8, 4) is 10.6 Å². The number of ether oxygens (including phenoxy) is 2. The molecule has 0 spiro atoms. The highest BCUT2D eigenvalue weighted by Crippen LogP contribution is 2.36. The number of thiazole rings is 1. The average molecular weight is 443 g/mol. The van der Waals surface area contributed by atoms with Gasteiger partial charge in [0.2, 0.25) is 5.95 Å². The molecule has 2 aromatic heterocycles. The maximum absolute atomic E-state index is 11.7. The van der Waals surface area contributed by atoms with Crippen molar-refractivity contribution < 1.29 is 14.3 Å². The number of nitrogens with zero attached hydrogens (tertiary/aromatic N) is 3. The number of amides is 1. The Morgan fingerprint density at radius 3 is 2.61 bits per heavy atom. The highest BCUT2D eigenvalue weighted by atomic mass is 32.1. The molecular weight excluding hydrogens is 416 g/mol. The summed E-state index contributed by atoms with van der Waals surface area (Å²) in [5.41, 5.74) is 9.09. The molecule has 0 saturated carbocycles. The molecule has 9 nitrogen and oxygen atoms in total. The van der Waals surface area contributed by atoms with Crippen molar-refractivity contribution in [1.82, 2.24) is 15.0 Å². The summed E-state index contributed by atoms with van der Waals surface area (Å²) in [4.78, 5) is 26.1. The molecule has 1 aromatic carbocycles. The van der Waals surface area contributed by atoms with Crippen LogP contribution in [-0.2, 0) is 9.47 Å². The monoisotopic (exact) mass is 442 g/mol. The summed E-state index contributed by atoms with van der Waals surface area (Å²) >= 11 is 1.43. The fourth-order valence-electron chi connectivity index (χ4n) is 2.74. The van der Waals surface area contributed by atoms with Gasteiger partial charge in [-0.1, -0.05) is 25.2 Å². The quantitative estimate of drug-likeness (QED) is 0.410. The molecule has 1 amide bonds. The lowest BCUT2D eigenvalue weighted by Gasteiger charge is -2.10. The van der Waals surface area contributed by atoms with Crippen LogP contribution in [0.5, 0.6) is 0 Å². The Balaban J connectivity index is 1.68. The highest BCUT2D eigenvalue weighted by Gasteiger charge is 2.18. The van der Waals surface area contributed by atoms with Crippen LogP contribution in [-0.4, -0.2) is 41.4 Å². The number of nitrogens with two attached hydrogens (primary N) is 1. The molecule has 1 atom stereocenters. The van der Waals surface area contributed by atoms with Crippen LogP contribution in [0.3, 0.4) is 0 Å². The first-order valence-corrected chi connectivity index (χ1v) is 10.7. The van der Waals surface area contributed by atoms with Gasteiger partial charge in [-0.15, -0.1) is 0 Å². The van der Waals surface area contributed by atoms with Crippen molar-refractivity contribution in [3.05, 3.63) is 42.2 Å². The number of aromatic nitrogens is 3. The molecule has 164 valence electrons. The van der Waals surface area contributed by atoms with Gasteiger partial charge in [-0.3, -0.25) is 5.32 Å². The summed E-state index contributed by atoms with van der Waals surface area (Å²) < 4.78 is 9.82. The largest absolute Gasteiger partial charge is 0.447 e. The first kappa shape index (κ1) is 22.4. The number of benzene rings is 1. The van der Waals surface area contributed by atoms with Crippen LogP contribution >= 0.6 is 11.3 Å². The maximum Gasteiger partial charge on any atom is 0.411 e. The lowest BCUT2D eigenvalue weighted by atomic mass is 10.0. The number of rotatable bonds is 9. The van der Waals surface area contributed by atoms with E-state index in [-0.39, 0.29) is 12.5 Å². The Morgan fingerprint density at radius 2 is 1.90 bits per heavy atom. The molecule has 0 bridgehead atoms. The smallest absolute Gasteiger partial charge is 0.411 e. The number of methoxy groups -OCH3 is 1. The van der Waals surface area contributed by atoms with Crippen LogP contribution in [0.2, 0.25) is 0 Å². The standard InChI is InChI=1S/C21H26N6O3S/c1-4-13(2)17-18(31-19(22)27-17)16-9-10-23-20(26-16)24-14-5-7-15(8-6-14)25-21(28)30-12-11-29-3/h5-10,13H,4,11-12H2,1-3H3,(H2,22,27)(H,25,28)(H,23,24,26). The summed E-state index contributed by atoms with van der Waals surface area (Å²) in [6.07, 6.45) is 2.13. The third-order valence-electron chi connectivity index (χ3n) is 4.55. The molecule has 4 N–H and O–H groups in total. The van der Waals surface area contributed by atoms with Gasteiger partial charge in [-0.05, 0) is 42.7 Å². The summed E-state index contributed by atoms with van der Waals surface area (Å²) in [5.74, 6) is 0.746. The Labute approximate surface area is 185 Å². The van der Waals surface area contributed by atoms with E-state index in [0.717, 1.165) is 28.4 Å². The van der Waals surface area contributed by atoms with Gasteiger partial charge in [-0.25, -0.2) is 19.7 Å². The maximum atomic E-state index is 11.7. The molecule has 0 fully saturated rings. The van der Waals surface area contributed by atoms with Crippen LogP contribution < -0.4 is 16.4 Å². The molecule has 1 unspecified atom stereocenters. The van der Waals surface area contributed by atoms with E-state index in [4.69, 9.17) is 15.2 Å². The van der Waals surface area contributed by atoms with Crippen molar-refractivity contribution in [2.75, 3.05) is 36.7 Å². The molecule has 3 aromatic rings. The van der Waals surface area contributed by atoms with E-state index in [9.17, 15) is 4.79 Å². The second-order valence-corrected chi connectivity index (χ2v) is 7.83. The van der Waals surface area contributed by atoms with Gasteiger partial charge < -0.3 is 20.5 Å². The molecule has 2 heterocycles. The average Bonchev–Trinajstić information content (AvgIpc) is 3.17. The third kappa shape index (κ3) is 6.12. The zero-order valence-electron chi connectivity index (χ0n) is 17.7. The van der Waals surface area contributed by atoms with Crippen molar-refractivity contribution in [3.63, 3.8) is 0 Å². The Hall–Kier alpha value is -3.24. The molecule has 3 rings (SSSR count). The Bertz CT molecular complexity index is 1010. The van der Waals surface area contributed by atoms with E-state index in [1.54, 1.807) is 25.4 Å². The van der Waals surface area contributed by atoms with Crippen LogP contribution in [0.25, 0.3) is 10.6 Å². The van der Waals surface area contributed by atoms with Gasteiger partial charge in [0, 0.05) is 24.7 Å². The predicted octanol–water partition coefficient (Wildman–Crippen LogP) is 4.63. The number of nitrogen functional groups attached to an aromatic ring is 1. The number of hydrogen-bond acceptors (Lipinski definition) is 9. The second-order valence-electron chi connectivity index (χ2n) is 6.80. The molecule has 31 heavy (non-hydrogen) atoms. The van der Waals surface area contributed by atoms with Gasteiger partial charge in [0.15, 0.2) is 5.13 Å².